The number of nitrogens with zero attached hydrogens (tertiary/aromatic N) is 1. The van der Waals surface area contributed by atoms with Gasteiger partial charge in [0.2, 0.25) is 11.7 Å². The zero-order valence-electron chi connectivity index (χ0n) is 16.9. The fourth-order valence-electron chi connectivity index (χ4n) is 3.36. The van der Waals surface area contributed by atoms with Gasteiger partial charge in [-0.05, 0) is 37.1 Å². The third-order valence-electron chi connectivity index (χ3n) is 4.77. The van der Waals surface area contributed by atoms with Crippen molar-refractivity contribution in [3.63, 3.8) is 0 Å². The zero-order valence-corrected chi connectivity index (χ0v) is 16.9. The topological polar surface area (TPSA) is 94.6 Å². The lowest BCUT2D eigenvalue weighted by Gasteiger charge is -2.28. The Kier molecular flexibility index (Phi) is 6.55. The van der Waals surface area contributed by atoms with Crippen molar-refractivity contribution in [2.45, 2.75) is 26.4 Å². The lowest BCUT2D eigenvalue weighted by atomic mass is 9.81. The van der Waals surface area contributed by atoms with Crippen LogP contribution >= 0.6 is 0 Å². The largest absolute Gasteiger partial charge is 0.486 e. The van der Waals surface area contributed by atoms with Crippen LogP contribution in [0, 0.1) is 23.0 Å². The van der Waals surface area contributed by atoms with Gasteiger partial charge in [-0.25, -0.2) is 9.18 Å². The molecule has 0 aliphatic carbocycles. The van der Waals surface area contributed by atoms with Gasteiger partial charge in [-0.3, -0.25) is 0 Å². The van der Waals surface area contributed by atoms with Crippen molar-refractivity contribution in [3.05, 3.63) is 88.0 Å². The highest BCUT2D eigenvalue weighted by molar-refractivity contribution is 5.92. The maximum absolute atomic E-state index is 14.0. The molecule has 0 aromatic heterocycles. The maximum Gasteiger partial charge on any atom is 0.338 e. The molecule has 0 radical (unpaired) electrons. The first-order chi connectivity index (χ1) is 14.9. The van der Waals surface area contributed by atoms with E-state index >= 15 is 0 Å². The van der Waals surface area contributed by atoms with Gasteiger partial charge in [0, 0.05) is 0 Å². The fourth-order valence-corrected chi connectivity index (χ4v) is 3.36. The average molecular weight is 426 g/mol. The molecule has 2 N–H and O–H groups in total. The third kappa shape index (κ3) is 4.36. The Balaban J connectivity index is 2.05. The van der Waals surface area contributed by atoms with E-state index in [-0.39, 0.29) is 41.8 Å². The minimum Gasteiger partial charge on any atom is -0.486 e. The third-order valence-corrected chi connectivity index (χ3v) is 4.77. The molecule has 0 amide bonds. The Labute approximate surface area is 178 Å². The standard InChI is InChI=1S/C23H20F2N2O4/c1-3-29-23(28)19-13(2)31-22(27)16(11-26)20(19)15-8-5-4-7-14(15)12-30-18-10-6-9-17(24)21(18)25/h4-10,20H,3,12,27H2,1-2H3. The average Bonchev–Trinajstić information content (AvgIpc) is 2.74. The summed E-state index contributed by atoms with van der Waals surface area (Å²) >= 11 is 0. The molecular formula is C23H20F2N2O4. The van der Waals surface area contributed by atoms with Gasteiger partial charge in [-0.1, -0.05) is 30.3 Å². The minimum absolute atomic E-state index is 0.0399. The van der Waals surface area contributed by atoms with Gasteiger partial charge in [-0.15, -0.1) is 0 Å². The van der Waals surface area contributed by atoms with E-state index < -0.39 is 23.5 Å². The second-order valence-electron chi connectivity index (χ2n) is 6.65. The lowest BCUT2D eigenvalue weighted by molar-refractivity contribution is -0.139. The summed E-state index contributed by atoms with van der Waals surface area (Å²) in [5.41, 5.74) is 7.18. The number of nitriles is 1. The molecule has 0 spiro atoms. The SMILES string of the molecule is CCOC(=O)C1=C(C)OC(N)=C(C#N)C1c1ccccc1COc1cccc(F)c1F. The second kappa shape index (κ2) is 9.30. The van der Waals surface area contributed by atoms with E-state index in [0.717, 1.165) is 6.07 Å². The van der Waals surface area contributed by atoms with Crippen molar-refractivity contribution in [3.8, 4) is 11.8 Å². The molecular weight excluding hydrogens is 406 g/mol. The summed E-state index contributed by atoms with van der Waals surface area (Å²) in [4.78, 5) is 12.7. The Morgan fingerprint density at radius 2 is 1.97 bits per heavy atom. The molecule has 2 aromatic carbocycles. The van der Waals surface area contributed by atoms with Gasteiger partial charge in [-0.2, -0.15) is 9.65 Å². The fraction of sp³-hybridized carbons (Fsp3) is 0.217. The Morgan fingerprint density at radius 1 is 1.23 bits per heavy atom. The normalized spacial score (nSPS) is 15.9. The summed E-state index contributed by atoms with van der Waals surface area (Å²) in [6.07, 6.45) is 0. The summed E-state index contributed by atoms with van der Waals surface area (Å²) < 4.78 is 43.5. The number of carbonyl (C=O) groups excluding carboxylic acids is 1. The van der Waals surface area contributed by atoms with Gasteiger partial charge >= 0.3 is 5.97 Å². The van der Waals surface area contributed by atoms with Crippen molar-refractivity contribution >= 4 is 5.97 Å². The van der Waals surface area contributed by atoms with Crippen LogP contribution in [0.5, 0.6) is 5.75 Å². The number of ether oxygens (including phenoxy) is 3. The number of benzene rings is 2. The highest BCUT2D eigenvalue weighted by Gasteiger charge is 2.37. The Morgan fingerprint density at radius 3 is 2.68 bits per heavy atom. The molecule has 3 rings (SSSR count). The van der Waals surface area contributed by atoms with Gasteiger partial charge in [0.25, 0.3) is 0 Å². The van der Waals surface area contributed by atoms with Gasteiger partial charge < -0.3 is 19.9 Å². The summed E-state index contributed by atoms with van der Waals surface area (Å²) in [7, 11) is 0. The smallest absolute Gasteiger partial charge is 0.338 e. The van der Waals surface area contributed by atoms with Crippen LogP contribution in [0.3, 0.4) is 0 Å². The summed E-state index contributed by atoms with van der Waals surface area (Å²) in [5.74, 6) is -3.80. The van der Waals surface area contributed by atoms with E-state index in [1.807, 2.05) is 6.07 Å². The molecule has 31 heavy (non-hydrogen) atoms. The summed E-state index contributed by atoms with van der Waals surface area (Å²) in [6, 6.07) is 12.5. The van der Waals surface area contributed by atoms with E-state index in [1.54, 1.807) is 38.1 Å². The van der Waals surface area contributed by atoms with E-state index in [2.05, 4.69) is 0 Å². The molecule has 1 heterocycles. The molecule has 2 aromatic rings. The van der Waals surface area contributed by atoms with E-state index in [4.69, 9.17) is 19.9 Å². The van der Waals surface area contributed by atoms with Crippen LogP contribution in [0.4, 0.5) is 8.78 Å². The predicted octanol–water partition coefficient (Wildman–Crippen LogP) is 4.19. The molecule has 1 unspecified atom stereocenters. The van der Waals surface area contributed by atoms with Crippen LogP contribution in [0.2, 0.25) is 0 Å². The number of esters is 1. The molecule has 0 fully saturated rings. The van der Waals surface area contributed by atoms with Crippen LogP contribution in [-0.2, 0) is 20.9 Å². The van der Waals surface area contributed by atoms with Gasteiger partial charge in [0.1, 0.15) is 24.0 Å². The number of hydrogen-bond acceptors (Lipinski definition) is 6. The van der Waals surface area contributed by atoms with Crippen molar-refractivity contribution in [1.29, 1.82) is 5.26 Å². The molecule has 8 heteroatoms. The number of rotatable bonds is 6. The molecule has 1 aliphatic rings. The van der Waals surface area contributed by atoms with Crippen molar-refractivity contribution < 1.29 is 27.8 Å². The number of carbonyl (C=O) groups is 1. The predicted molar refractivity (Wildman–Crippen MR) is 107 cm³/mol. The number of nitrogens with two attached hydrogens (primary N) is 1. The Hall–Kier alpha value is -3.86. The summed E-state index contributed by atoms with van der Waals surface area (Å²) in [5, 5.41) is 9.71. The number of allylic oxidation sites excluding steroid dienone is 2. The second-order valence-corrected chi connectivity index (χ2v) is 6.65. The zero-order chi connectivity index (χ0) is 22.5. The first kappa shape index (κ1) is 21.8. The van der Waals surface area contributed by atoms with E-state index in [1.165, 1.54) is 12.1 Å². The maximum atomic E-state index is 14.0. The van der Waals surface area contributed by atoms with Crippen LogP contribution in [-0.4, -0.2) is 12.6 Å². The molecule has 6 nitrogen and oxygen atoms in total. The molecule has 0 saturated carbocycles. The highest BCUT2D eigenvalue weighted by Crippen LogP contribution is 2.41. The van der Waals surface area contributed by atoms with Crippen LogP contribution in [0.15, 0.2) is 65.3 Å². The van der Waals surface area contributed by atoms with E-state index in [9.17, 15) is 18.8 Å². The van der Waals surface area contributed by atoms with Crippen LogP contribution in [0.25, 0.3) is 0 Å². The molecule has 0 saturated heterocycles. The highest BCUT2D eigenvalue weighted by atomic mass is 19.2. The van der Waals surface area contributed by atoms with E-state index in [0.29, 0.717) is 11.1 Å². The lowest BCUT2D eigenvalue weighted by Crippen LogP contribution is -2.26. The van der Waals surface area contributed by atoms with Crippen LogP contribution < -0.4 is 10.5 Å². The minimum atomic E-state index is -1.10. The van der Waals surface area contributed by atoms with Crippen molar-refractivity contribution in [1.82, 2.24) is 0 Å². The monoisotopic (exact) mass is 426 g/mol. The first-order valence-electron chi connectivity index (χ1n) is 9.49. The molecule has 1 atom stereocenters. The molecule has 1 aliphatic heterocycles. The first-order valence-corrected chi connectivity index (χ1v) is 9.49. The van der Waals surface area contributed by atoms with Crippen molar-refractivity contribution in [2.24, 2.45) is 5.73 Å². The number of halogens is 2. The van der Waals surface area contributed by atoms with Gasteiger partial charge in [0.15, 0.2) is 11.6 Å². The number of hydrogen-bond donors (Lipinski definition) is 1. The van der Waals surface area contributed by atoms with Crippen LogP contribution in [0.1, 0.15) is 30.9 Å². The summed E-state index contributed by atoms with van der Waals surface area (Å²) in [6.45, 7) is 3.22. The molecule has 160 valence electrons. The molecule has 0 bridgehead atoms. The Bertz CT molecular complexity index is 1120. The van der Waals surface area contributed by atoms with Crippen molar-refractivity contribution in [2.75, 3.05) is 6.61 Å². The quantitative estimate of drug-likeness (QED) is 0.696. The van der Waals surface area contributed by atoms with Gasteiger partial charge in [0.05, 0.1) is 18.1 Å².